The third kappa shape index (κ3) is 2.81. The molecule has 0 aliphatic carbocycles. The molecular formula is C9H11OP. The molecule has 0 spiro atoms. The van der Waals surface area contributed by atoms with E-state index in [9.17, 15) is 4.79 Å². The van der Waals surface area contributed by atoms with Gasteiger partial charge < -0.3 is 4.79 Å². The number of carbonyl (C=O) groups excluding carboxylic acids is 1. The second kappa shape index (κ2) is 4.25. The Balaban J connectivity index is 2.57. The topological polar surface area (TPSA) is 17.1 Å². The van der Waals surface area contributed by atoms with E-state index in [1.165, 1.54) is 5.56 Å². The van der Waals surface area contributed by atoms with Crippen molar-refractivity contribution >= 4 is 15.5 Å². The molecule has 0 aromatic heterocycles. The van der Waals surface area contributed by atoms with Crippen LogP contribution in [0.15, 0.2) is 30.3 Å². The van der Waals surface area contributed by atoms with Gasteiger partial charge in [-0.05, 0) is 12.0 Å². The number of aldehydes is 1. The normalized spacial score (nSPS) is 12.5. The zero-order chi connectivity index (χ0) is 8.10. The van der Waals surface area contributed by atoms with Crippen LogP contribution in [0.5, 0.6) is 0 Å². The molecule has 1 nitrogen and oxygen atoms in total. The third-order valence-corrected chi connectivity index (χ3v) is 1.88. The smallest absolute Gasteiger partial charge is 0.127 e. The van der Waals surface area contributed by atoms with E-state index in [4.69, 9.17) is 0 Å². The van der Waals surface area contributed by atoms with Crippen molar-refractivity contribution in [1.82, 2.24) is 0 Å². The highest BCUT2D eigenvalue weighted by Gasteiger charge is 1.99. The standard InChI is InChI=1S/C9H11OP/c10-7-9(11)6-8-4-2-1-3-5-8/h1-5,7,9H,6,11H2. The molecule has 0 saturated heterocycles. The Kier molecular flexibility index (Phi) is 3.25. The van der Waals surface area contributed by atoms with Crippen LogP contribution in [-0.2, 0) is 11.2 Å². The molecule has 0 radical (unpaired) electrons. The van der Waals surface area contributed by atoms with Gasteiger partial charge in [0.2, 0.25) is 0 Å². The van der Waals surface area contributed by atoms with Crippen molar-refractivity contribution in [3.63, 3.8) is 0 Å². The first-order chi connectivity index (χ1) is 5.33. The molecule has 0 saturated carbocycles. The maximum absolute atomic E-state index is 10.3. The zero-order valence-electron chi connectivity index (χ0n) is 6.23. The highest BCUT2D eigenvalue weighted by atomic mass is 31.0. The zero-order valence-corrected chi connectivity index (χ0v) is 7.39. The average Bonchev–Trinajstić information content (AvgIpc) is 2.06. The Hall–Kier alpha value is -0.680. The number of hydrogen-bond donors (Lipinski definition) is 0. The van der Waals surface area contributed by atoms with Gasteiger partial charge in [-0.25, -0.2) is 0 Å². The molecule has 2 heteroatoms. The summed E-state index contributed by atoms with van der Waals surface area (Å²) in [6.07, 6.45) is 1.77. The summed E-state index contributed by atoms with van der Waals surface area (Å²) >= 11 is 0. The summed E-state index contributed by atoms with van der Waals surface area (Å²) < 4.78 is 0. The molecular weight excluding hydrogens is 155 g/mol. The van der Waals surface area contributed by atoms with Gasteiger partial charge in [0.1, 0.15) is 6.29 Å². The fourth-order valence-corrected chi connectivity index (χ4v) is 1.21. The minimum atomic E-state index is 0.0531. The second-order valence-electron chi connectivity index (χ2n) is 2.49. The molecule has 0 bridgehead atoms. The van der Waals surface area contributed by atoms with Gasteiger partial charge in [-0.2, -0.15) is 0 Å². The lowest BCUT2D eigenvalue weighted by Crippen LogP contribution is -2.02. The van der Waals surface area contributed by atoms with Gasteiger partial charge in [-0.3, -0.25) is 0 Å². The van der Waals surface area contributed by atoms with E-state index < -0.39 is 0 Å². The minimum absolute atomic E-state index is 0.0531. The number of rotatable bonds is 3. The number of benzene rings is 1. The molecule has 1 aromatic rings. The van der Waals surface area contributed by atoms with Gasteiger partial charge in [-0.15, -0.1) is 9.24 Å². The van der Waals surface area contributed by atoms with E-state index in [1.807, 2.05) is 30.3 Å². The largest absolute Gasteiger partial charge is 0.303 e. The summed E-state index contributed by atoms with van der Waals surface area (Å²) in [5.74, 6) is 0. The van der Waals surface area contributed by atoms with Crippen molar-refractivity contribution in [3.8, 4) is 0 Å². The first-order valence-corrected chi connectivity index (χ1v) is 4.24. The Labute approximate surface area is 69.0 Å². The van der Waals surface area contributed by atoms with Crippen LogP contribution in [0, 0.1) is 0 Å². The van der Waals surface area contributed by atoms with Gasteiger partial charge in [0.05, 0.1) is 0 Å². The highest BCUT2D eigenvalue weighted by molar-refractivity contribution is 7.19. The summed E-state index contributed by atoms with van der Waals surface area (Å²) in [5.41, 5.74) is 1.26. The van der Waals surface area contributed by atoms with Crippen molar-refractivity contribution in [2.45, 2.75) is 12.1 Å². The Morgan fingerprint density at radius 1 is 1.36 bits per heavy atom. The summed E-state index contributed by atoms with van der Waals surface area (Å²) in [5, 5.41) is 0. The van der Waals surface area contributed by atoms with Gasteiger partial charge in [0, 0.05) is 5.66 Å². The van der Waals surface area contributed by atoms with Crippen molar-refractivity contribution in [1.29, 1.82) is 0 Å². The van der Waals surface area contributed by atoms with Crippen molar-refractivity contribution in [3.05, 3.63) is 35.9 Å². The second-order valence-corrected chi connectivity index (χ2v) is 3.35. The summed E-state index contributed by atoms with van der Waals surface area (Å²) in [4.78, 5) is 10.3. The molecule has 2 atom stereocenters. The lowest BCUT2D eigenvalue weighted by molar-refractivity contribution is -0.107. The van der Waals surface area contributed by atoms with Gasteiger partial charge in [0.25, 0.3) is 0 Å². The molecule has 58 valence electrons. The average molecular weight is 166 g/mol. The van der Waals surface area contributed by atoms with Gasteiger partial charge >= 0.3 is 0 Å². The molecule has 0 amide bonds. The summed E-state index contributed by atoms with van der Waals surface area (Å²) in [6.45, 7) is 0. The number of carbonyl (C=O) groups is 1. The lowest BCUT2D eigenvalue weighted by atomic mass is 10.1. The fourth-order valence-electron chi connectivity index (χ4n) is 0.934. The van der Waals surface area contributed by atoms with Crippen LogP contribution in [0.4, 0.5) is 0 Å². The van der Waals surface area contributed by atoms with Crippen LogP contribution in [0.3, 0.4) is 0 Å². The summed E-state index contributed by atoms with van der Waals surface area (Å²) in [7, 11) is 2.51. The molecule has 0 fully saturated rings. The molecule has 1 rings (SSSR count). The van der Waals surface area contributed by atoms with Crippen LogP contribution < -0.4 is 0 Å². The van der Waals surface area contributed by atoms with Crippen LogP contribution in [0.2, 0.25) is 0 Å². The molecule has 0 heterocycles. The summed E-state index contributed by atoms with van der Waals surface area (Å²) in [6, 6.07) is 10.00. The van der Waals surface area contributed by atoms with Crippen LogP contribution in [-0.4, -0.2) is 11.9 Å². The molecule has 0 N–H and O–H groups in total. The van der Waals surface area contributed by atoms with E-state index >= 15 is 0 Å². The molecule has 1 aromatic carbocycles. The monoisotopic (exact) mass is 166 g/mol. The first-order valence-electron chi connectivity index (χ1n) is 3.57. The fraction of sp³-hybridized carbons (Fsp3) is 0.222. The molecule has 11 heavy (non-hydrogen) atoms. The van der Waals surface area contributed by atoms with Crippen LogP contribution >= 0.6 is 9.24 Å². The minimum Gasteiger partial charge on any atom is -0.303 e. The number of hydrogen-bond acceptors (Lipinski definition) is 1. The van der Waals surface area contributed by atoms with Crippen molar-refractivity contribution < 1.29 is 4.79 Å². The molecule has 0 aliphatic heterocycles. The van der Waals surface area contributed by atoms with E-state index in [2.05, 4.69) is 9.24 Å². The van der Waals surface area contributed by atoms with Crippen LogP contribution in [0.25, 0.3) is 0 Å². The van der Waals surface area contributed by atoms with E-state index in [1.54, 1.807) is 0 Å². The Morgan fingerprint density at radius 3 is 2.55 bits per heavy atom. The maximum atomic E-state index is 10.3. The van der Waals surface area contributed by atoms with Crippen molar-refractivity contribution in [2.75, 3.05) is 0 Å². The molecule has 0 aliphatic rings. The van der Waals surface area contributed by atoms with Crippen LogP contribution in [0.1, 0.15) is 5.56 Å². The lowest BCUT2D eigenvalue weighted by Gasteiger charge is -2.01. The SMILES string of the molecule is O=CC(P)Cc1ccccc1. The predicted octanol–water partition coefficient (Wildman–Crippen LogP) is 1.67. The van der Waals surface area contributed by atoms with E-state index in [0.717, 1.165) is 12.7 Å². The predicted molar refractivity (Wildman–Crippen MR) is 49.7 cm³/mol. The highest BCUT2D eigenvalue weighted by Crippen LogP contribution is 2.07. The Bertz CT molecular complexity index is 220. The maximum Gasteiger partial charge on any atom is 0.127 e. The Morgan fingerprint density at radius 2 is 2.00 bits per heavy atom. The van der Waals surface area contributed by atoms with Crippen molar-refractivity contribution in [2.24, 2.45) is 0 Å². The third-order valence-electron chi connectivity index (χ3n) is 1.49. The quantitative estimate of drug-likeness (QED) is 0.493. The van der Waals surface area contributed by atoms with Gasteiger partial charge in [-0.1, -0.05) is 30.3 Å². The molecule has 2 unspecified atom stereocenters. The van der Waals surface area contributed by atoms with E-state index in [-0.39, 0.29) is 5.66 Å². The van der Waals surface area contributed by atoms with Gasteiger partial charge in [0.15, 0.2) is 0 Å². The first kappa shape index (κ1) is 8.42. The van der Waals surface area contributed by atoms with E-state index in [0.29, 0.717) is 0 Å².